The average molecular weight is 258 g/mol. The second-order valence-corrected chi connectivity index (χ2v) is 5.57. The summed E-state index contributed by atoms with van der Waals surface area (Å²) in [5, 5.41) is 6.23. The number of alkyl carbamates (subject to hydrolysis) is 1. The van der Waals surface area contributed by atoms with Crippen molar-refractivity contribution in [1.29, 1.82) is 0 Å². The predicted octanol–water partition coefficient (Wildman–Crippen LogP) is 1.67. The molecule has 0 aromatic rings. The zero-order chi connectivity index (χ0) is 13.8. The number of hydrogen-bond acceptors (Lipinski definition) is 4. The Morgan fingerprint density at radius 3 is 2.50 bits per heavy atom. The van der Waals surface area contributed by atoms with Gasteiger partial charge in [-0.3, -0.25) is 0 Å². The van der Waals surface area contributed by atoms with Gasteiger partial charge in [-0.15, -0.1) is 0 Å². The molecule has 18 heavy (non-hydrogen) atoms. The molecule has 3 unspecified atom stereocenters. The average Bonchev–Trinajstić information content (AvgIpc) is 2.22. The summed E-state index contributed by atoms with van der Waals surface area (Å²) in [6, 6.07) is 0.277. The first-order chi connectivity index (χ1) is 8.37. The first-order valence-electron chi connectivity index (χ1n) is 6.72. The van der Waals surface area contributed by atoms with Crippen molar-refractivity contribution in [3.05, 3.63) is 0 Å². The molecule has 1 rings (SSSR count). The molecule has 0 saturated heterocycles. The van der Waals surface area contributed by atoms with E-state index in [1.165, 1.54) is 0 Å². The van der Waals surface area contributed by atoms with E-state index in [1.54, 1.807) is 0 Å². The zero-order valence-corrected chi connectivity index (χ0v) is 12.1. The van der Waals surface area contributed by atoms with E-state index in [9.17, 15) is 4.79 Å². The standard InChI is InChI=1S/C13H26N2O3/c1-6-14-11-9(8-10(11)17-7-2)15-12(16)18-13(3,4)5/h9-11,14H,6-8H2,1-5H3,(H,15,16). The van der Waals surface area contributed by atoms with Gasteiger partial charge in [0.15, 0.2) is 0 Å². The molecular formula is C13H26N2O3. The maximum atomic E-state index is 11.7. The Hall–Kier alpha value is -0.810. The summed E-state index contributed by atoms with van der Waals surface area (Å²) in [4.78, 5) is 11.7. The third-order valence-electron chi connectivity index (χ3n) is 2.84. The first kappa shape index (κ1) is 15.2. The highest BCUT2D eigenvalue weighted by Gasteiger charge is 2.42. The Bertz CT molecular complexity index is 276. The van der Waals surface area contributed by atoms with Gasteiger partial charge in [0.2, 0.25) is 0 Å². The van der Waals surface area contributed by atoms with E-state index in [2.05, 4.69) is 10.6 Å². The van der Waals surface area contributed by atoms with Crippen LogP contribution in [0.15, 0.2) is 0 Å². The summed E-state index contributed by atoms with van der Waals surface area (Å²) >= 11 is 0. The quantitative estimate of drug-likeness (QED) is 0.787. The second kappa shape index (κ2) is 6.38. The maximum Gasteiger partial charge on any atom is 0.407 e. The van der Waals surface area contributed by atoms with Crippen molar-refractivity contribution in [1.82, 2.24) is 10.6 Å². The summed E-state index contributed by atoms with van der Waals surface area (Å²) in [5.41, 5.74) is -0.458. The van der Waals surface area contributed by atoms with E-state index in [0.29, 0.717) is 6.61 Å². The van der Waals surface area contributed by atoms with Crippen molar-refractivity contribution in [3.63, 3.8) is 0 Å². The third-order valence-corrected chi connectivity index (χ3v) is 2.84. The summed E-state index contributed by atoms with van der Waals surface area (Å²) < 4.78 is 10.8. The molecule has 0 spiro atoms. The molecule has 1 aliphatic rings. The van der Waals surface area contributed by atoms with Crippen molar-refractivity contribution in [2.45, 2.75) is 64.8 Å². The predicted molar refractivity (Wildman–Crippen MR) is 70.7 cm³/mol. The lowest BCUT2D eigenvalue weighted by molar-refractivity contribution is -0.0427. The largest absolute Gasteiger partial charge is 0.444 e. The molecule has 0 bridgehead atoms. The summed E-state index contributed by atoms with van der Waals surface area (Å²) in [7, 11) is 0. The fourth-order valence-corrected chi connectivity index (χ4v) is 2.11. The van der Waals surface area contributed by atoms with Crippen LogP contribution in [-0.4, -0.2) is 43.0 Å². The summed E-state index contributed by atoms with van der Waals surface area (Å²) in [5.74, 6) is 0. The van der Waals surface area contributed by atoms with Crippen LogP contribution in [0.5, 0.6) is 0 Å². The SMILES string of the molecule is CCNC1C(NC(=O)OC(C)(C)C)CC1OCC. The minimum atomic E-state index is -0.458. The molecule has 1 amide bonds. The maximum absolute atomic E-state index is 11.7. The Labute approximate surface area is 110 Å². The van der Waals surface area contributed by atoms with Gasteiger partial charge in [-0.25, -0.2) is 4.79 Å². The van der Waals surface area contributed by atoms with E-state index >= 15 is 0 Å². The van der Waals surface area contributed by atoms with Crippen LogP contribution >= 0.6 is 0 Å². The first-order valence-corrected chi connectivity index (χ1v) is 6.72. The van der Waals surface area contributed by atoms with Crippen LogP contribution in [-0.2, 0) is 9.47 Å². The van der Waals surface area contributed by atoms with Gasteiger partial charge in [0.05, 0.1) is 18.2 Å². The normalized spacial score (nSPS) is 27.5. The molecular weight excluding hydrogens is 232 g/mol. The van der Waals surface area contributed by atoms with E-state index in [4.69, 9.17) is 9.47 Å². The fourth-order valence-electron chi connectivity index (χ4n) is 2.11. The lowest BCUT2D eigenvalue weighted by atomic mass is 9.82. The molecule has 106 valence electrons. The Balaban J connectivity index is 2.40. The Kier molecular flexibility index (Phi) is 5.41. The minimum absolute atomic E-state index is 0.0938. The van der Waals surface area contributed by atoms with Gasteiger partial charge in [0.25, 0.3) is 0 Å². The molecule has 0 heterocycles. The topological polar surface area (TPSA) is 59.6 Å². The van der Waals surface area contributed by atoms with Crippen molar-refractivity contribution in [2.24, 2.45) is 0 Å². The lowest BCUT2D eigenvalue weighted by Crippen LogP contribution is -2.66. The van der Waals surface area contributed by atoms with Gasteiger partial charge in [-0.05, 0) is 40.7 Å². The number of likely N-dealkylation sites (N-methyl/N-ethyl adjacent to an activating group) is 1. The molecule has 5 nitrogen and oxygen atoms in total. The minimum Gasteiger partial charge on any atom is -0.444 e. The number of hydrogen-bond donors (Lipinski definition) is 2. The number of amides is 1. The summed E-state index contributed by atoms with van der Waals surface area (Å²) in [6.07, 6.45) is 0.672. The van der Waals surface area contributed by atoms with Crippen LogP contribution in [0.25, 0.3) is 0 Å². The number of ether oxygens (including phenoxy) is 2. The highest BCUT2D eigenvalue weighted by atomic mass is 16.6. The Morgan fingerprint density at radius 1 is 1.33 bits per heavy atom. The van der Waals surface area contributed by atoms with Crippen LogP contribution in [0, 0.1) is 0 Å². The van der Waals surface area contributed by atoms with Gasteiger partial charge in [-0.1, -0.05) is 6.92 Å². The zero-order valence-electron chi connectivity index (χ0n) is 12.1. The van der Waals surface area contributed by atoms with Crippen LogP contribution in [0.2, 0.25) is 0 Å². The molecule has 2 N–H and O–H groups in total. The molecule has 0 radical (unpaired) electrons. The number of rotatable bonds is 5. The molecule has 1 fully saturated rings. The van der Waals surface area contributed by atoms with Gasteiger partial charge >= 0.3 is 6.09 Å². The van der Waals surface area contributed by atoms with Gasteiger partial charge in [0, 0.05) is 6.61 Å². The highest BCUT2D eigenvalue weighted by Crippen LogP contribution is 2.24. The van der Waals surface area contributed by atoms with Crippen molar-refractivity contribution in [3.8, 4) is 0 Å². The Morgan fingerprint density at radius 2 is 2.00 bits per heavy atom. The highest BCUT2D eigenvalue weighted by molar-refractivity contribution is 5.68. The van der Waals surface area contributed by atoms with Crippen molar-refractivity contribution >= 4 is 6.09 Å². The molecule has 3 atom stereocenters. The third kappa shape index (κ3) is 4.46. The van der Waals surface area contributed by atoms with E-state index in [1.807, 2.05) is 34.6 Å². The molecule has 0 aliphatic heterocycles. The van der Waals surface area contributed by atoms with E-state index in [0.717, 1.165) is 13.0 Å². The van der Waals surface area contributed by atoms with Gasteiger partial charge in [-0.2, -0.15) is 0 Å². The summed E-state index contributed by atoms with van der Waals surface area (Å²) in [6.45, 7) is 11.2. The van der Waals surface area contributed by atoms with Gasteiger partial charge < -0.3 is 20.1 Å². The van der Waals surface area contributed by atoms with Crippen LogP contribution < -0.4 is 10.6 Å². The fraction of sp³-hybridized carbons (Fsp3) is 0.923. The smallest absolute Gasteiger partial charge is 0.407 e. The van der Waals surface area contributed by atoms with Crippen LogP contribution in [0.4, 0.5) is 4.79 Å². The number of carbonyl (C=O) groups excluding carboxylic acids is 1. The van der Waals surface area contributed by atoms with E-state index < -0.39 is 5.60 Å². The lowest BCUT2D eigenvalue weighted by Gasteiger charge is -2.44. The van der Waals surface area contributed by atoms with Crippen molar-refractivity contribution in [2.75, 3.05) is 13.2 Å². The number of nitrogens with one attached hydrogen (secondary N) is 2. The molecule has 1 saturated carbocycles. The van der Waals surface area contributed by atoms with E-state index in [-0.39, 0.29) is 24.3 Å². The molecule has 0 aromatic carbocycles. The van der Waals surface area contributed by atoms with Crippen LogP contribution in [0.3, 0.4) is 0 Å². The van der Waals surface area contributed by atoms with Crippen molar-refractivity contribution < 1.29 is 14.3 Å². The number of carbonyl (C=O) groups is 1. The van der Waals surface area contributed by atoms with Gasteiger partial charge in [0.1, 0.15) is 5.60 Å². The second-order valence-electron chi connectivity index (χ2n) is 5.57. The monoisotopic (exact) mass is 258 g/mol. The van der Waals surface area contributed by atoms with Crippen LogP contribution in [0.1, 0.15) is 41.0 Å². The molecule has 0 aromatic heterocycles. The molecule has 1 aliphatic carbocycles. The molecule has 5 heteroatoms.